The number of hydrogen-bond donors (Lipinski definition) is 1. The second-order valence-corrected chi connectivity index (χ2v) is 8.72. The summed E-state index contributed by atoms with van der Waals surface area (Å²) in [5.41, 5.74) is 12.3. The number of carbonyl (C=O) groups is 1. The molecule has 1 aliphatic rings. The monoisotopic (exact) mass is 446 g/mol. The number of nitrogens with zero attached hydrogens (tertiary/aromatic N) is 3. The Morgan fingerprint density at radius 3 is 2.53 bits per heavy atom. The molecular formula is C25H26N4O2S. The number of amidine groups is 1. The lowest BCUT2D eigenvalue weighted by molar-refractivity contribution is 0.0600. The molecule has 1 aromatic heterocycles. The zero-order valence-electron chi connectivity index (χ0n) is 18.9. The Bertz CT molecular complexity index is 1240. The van der Waals surface area contributed by atoms with Gasteiger partial charge in [0.1, 0.15) is 0 Å². The van der Waals surface area contributed by atoms with E-state index in [1.165, 1.54) is 18.2 Å². The van der Waals surface area contributed by atoms with E-state index in [2.05, 4.69) is 54.9 Å². The Labute approximate surface area is 192 Å². The minimum absolute atomic E-state index is 0.337. The van der Waals surface area contributed by atoms with Gasteiger partial charge in [0, 0.05) is 28.4 Å². The molecule has 0 aliphatic carbocycles. The lowest BCUT2D eigenvalue weighted by Gasteiger charge is -2.16. The Hall–Kier alpha value is -3.32. The van der Waals surface area contributed by atoms with Crippen LogP contribution in [-0.4, -0.2) is 34.3 Å². The molecule has 32 heavy (non-hydrogen) atoms. The highest BCUT2D eigenvalue weighted by Crippen LogP contribution is 2.26. The van der Waals surface area contributed by atoms with Crippen molar-refractivity contribution in [2.24, 2.45) is 10.1 Å². The highest BCUT2D eigenvalue weighted by Gasteiger charge is 2.20. The first-order valence-electron chi connectivity index (χ1n) is 10.4. The molecule has 1 N–H and O–H groups in total. The van der Waals surface area contributed by atoms with Crippen molar-refractivity contribution < 1.29 is 9.53 Å². The van der Waals surface area contributed by atoms with Crippen molar-refractivity contribution in [2.45, 2.75) is 27.7 Å². The van der Waals surface area contributed by atoms with Crippen molar-refractivity contribution in [1.29, 1.82) is 0 Å². The molecule has 0 bridgehead atoms. The maximum Gasteiger partial charge on any atom is 0.337 e. The number of nitrogens with one attached hydrogen (secondary N) is 1. The second kappa shape index (κ2) is 9.04. The van der Waals surface area contributed by atoms with E-state index < -0.39 is 0 Å². The van der Waals surface area contributed by atoms with Gasteiger partial charge in [0.15, 0.2) is 5.17 Å². The van der Waals surface area contributed by atoms with Gasteiger partial charge in [-0.1, -0.05) is 23.9 Å². The lowest BCUT2D eigenvalue weighted by Crippen LogP contribution is -2.25. The van der Waals surface area contributed by atoms with Gasteiger partial charge in [0.05, 0.1) is 24.1 Å². The number of esters is 1. The smallest absolute Gasteiger partial charge is 0.337 e. The average molecular weight is 447 g/mol. The molecule has 0 unspecified atom stereocenters. The van der Waals surface area contributed by atoms with Crippen LogP contribution in [0, 0.1) is 27.7 Å². The number of ether oxygens (including phenoxy) is 1. The third-order valence-corrected chi connectivity index (χ3v) is 6.59. The first kappa shape index (κ1) is 21.9. The van der Waals surface area contributed by atoms with E-state index in [-0.39, 0.29) is 5.97 Å². The molecule has 0 saturated carbocycles. The Morgan fingerprint density at radius 1 is 1.12 bits per heavy atom. The summed E-state index contributed by atoms with van der Waals surface area (Å²) in [6.07, 6.45) is 0. The van der Waals surface area contributed by atoms with Crippen molar-refractivity contribution in [3.05, 3.63) is 82.2 Å². The Kier molecular flexibility index (Phi) is 6.19. The third-order valence-electron chi connectivity index (χ3n) is 5.72. The summed E-state index contributed by atoms with van der Waals surface area (Å²) in [5.74, 6) is 0.401. The highest BCUT2D eigenvalue weighted by molar-refractivity contribution is 8.14. The van der Waals surface area contributed by atoms with Crippen molar-refractivity contribution >= 4 is 34.3 Å². The number of rotatable bonds is 4. The van der Waals surface area contributed by atoms with Gasteiger partial charge in [0.2, 0.25) is 0 Å². The Balaban J connectivity index is 1.59. The molecule has 2 heterocycles. The standard InChI is InChI=1S/C25H26N4O2S/c1-15-7-6-8-22(17(15)3)26-25-28-27-23(14-32-25)21-13-16(2)29(18(21)4)20-11-9-19(10-12-20)24(30)31-5/h6-13H,14H2,1-5H3,(H,26,28). The molecule has 164 valence electrons. The molecule has 3 aromatic rings. The fraction of sp³-hybridized carbons (Fsp3) is 0.240. The minimum atomic E-state index is -0.337. The molecule has 1 aliphatic heterocycles. The van der Waals surface area contributed by atoms with Crippen LogP contribution in [0.1, 0.15) is 38.4 Å². The molecule has 0 radical (unpaired) electrons. The number of aliphatic imine (C=N–C) groups is 1. The maximum absolute atomic E-state index is 11.7. The Morgan fingerprint density at radius 2 is 1.88 bits per heavy atom. The topological polar surface area (TPSA) is 68.0 Å². The molecule has 2 aromatic carbocycles. The summed E-state index contributed by atoms with van der Waals surface area (Å²) in [7, 11) is 1.39. The molecule has 0 spiro atoms. The van der Waals surface area contributed by atoms with Gasteiger partial charge in [-0.05, 0) is 75.2 Å². The van der Waals surface area contributed by atoms with Crippen LogP contribution in [0.4, 0.5) is 5.69 Å². The van der Waals surface area contributed by atoms with Gasteiger partial charge in [0.25, 0.3) is 0 Å². The largest absolute Gasteiger partial charge is 0.465 e. The first-order chi connectivity index (χ1) is 15.4. The molecule has 0 atom stereocenters. The number of benzene rings is 2. The number of methoxy groups -OCH3 is 1. The number of carbonyl (C=O) groups excluding carboxylic acids is 1. The highest BCUT2D eigenvalue weighted by atomic mass is 32.2. The zero-order valence-corrected chi connectivity index (χ0v) is 19.7. The summed E-state index contributed by atoms with van der Waals surface area (Å²) in [6, 6.07) is 15.7. The number of aromatic nitrogens is 1. The maximum atomic E-state index is 11.7. The van der Waals surface area contributed by atoms with Crippen LogP contribution in [0.5, 0.6) is 0 Å². The molecular weight excluding hydrogens is 420 g/mol. The molecule has 6 nitrogen and oxygen atoms in total. The number of aryl methyl sites for hydroxylation is 2. The zero-order chi connectivity index (χ0) is 22.8. The molecule has 0 amide bonds. The lowest BCUT2D eigenvalue weighted by atomic mass is 10.1. The molecule has 0 saturated heterocycles. The second-order valence-electron chi connectivity index (χ2n) is 7.75. The van der Waals surface area contributed by atoms with Gasteiger partial charge in [-0.2, -0.15) is 5.10 Å². The average Bonchev–Trinajstić information content (AvgIpc) is 3.10. The molecule has 7 heteroatoms. The number of hydrazone groups is 1. The normalized spacial score (nSPS) is 14.8. The quantitative estimate of drug-likeness (QED) is 0.558. The van der Waals surface area contributed by atoms with Gasteiger partial charge in [-0.25, -0.2) is 9.79 Å². The van der Waals surface area contributed by atoms with Crippen molar-refractivity contribution in [1.82, 2.24) is 9.99 Å². The third kappa shape index (κ3) is 4.21. The van der Waals surface area contributed by atoms with Crippen molar-refractivity contribution in [2.75, 3.05) is 12.9 Å². The van der Waals surface area contributed by atoms with Crippen LogP contribution in [0.3, 0.4) is 0 Å². The summed E-state index contributed by atoms with van der Waals surface area (Å²) in [5, 5.41) is 5.43. The van der Waals surface area contributed by atoms with E-state index >= 15 is 0 Å². The van der Waals surface area contributed by atoms with E-state index in [1.807, 2.05) is 24.3 Å². The van der Waals surface area contributed by atoms with Crippen molar-refractivity contribution in [3.8, 4) is 5.69 Å². The van der Waals surface area contributed by atoms with Crippen LogP contribution in [0.2, 0.25) is 0 Å². The van der Waals surface area contributed by atoms with Gasteiger partial charge in [-0.3, -0.25) is 5.43 Å². The number of thioether (sulfide) groups is 1. The molecule has 4 rings (SSSR count). The van der Waals surface area contributed by atoms with Crippen molar-refractivity contribution in [3.63, 3.8) is 0 Å². The van der Waals surface area contributed by atoms with E-state index in [0.717, 1.165) is 45.0 Å². The number of hydrogen-bond acceptors (Lipinski definition) is 5. The SMILES string of the molecule is COC(=O)c1ccc(-n2c(C)cc(C3=NNC(=Nc4cccc(C)c4C)SC3)c2C)cc1. The first-order valence-corrected chi connectivity index (χ1v) is 11.4. The summed E-state index contributed by atoms with van der Waals surface area (Å²) >= 11 is 1.65. The molecule has 0 fully saturated rings. The van der Waals surface area contributed by atoms with Gasteiger partial charge >= 0.3 is 5.97 Å². The summed E-state index contributed by atoms with van der Waals surface area (Å²) in [4.78, 5) is 16.5. The van der Waals surface area contributed by atoms with Crippen LogP contribution >= 0.6 is 11.8 Å². The van der Waals surface area contributed by atoms with Crippen LogP contribution < -0.4 is 5.43 Å². The van der Waals surface area contributed by atoms with E-state index in [9.17, 15) is 4.79 Å². The summed E-state index contributed by atoms with van der Waals surface area (Å²) < 4.78 is 6.96. The van der Waals surface area contributed by atoms with E-state index in [0.29, 0.717) is 5.56 Å². The fourth-order valence-corrected chi connectivity index (χ4v) is 4.56. The van der Waals surface area contributed by atoms with Crippen LogP contribution in [-0.2, 0) is 4.74 Å². The van der Waals surface area contributed by atoms with Crippen LogP contribution in [0.25, 0.3) is 5.69 Å². The summed E-state index contributed by atoms with van der Waals surface area (Å²) in [6.45, 7) is 8.34. The van der Waals surface area contributed by atoms with Gasteiger partial charge in [-0.15, -0.1) is 0 Å². The predicted octanol–water partition coefficient (Wildman–Crippen LogP) is 5.23. The van der Waals surface area contributed by atoms with E-state index in [1.54, 1.807) is 23.9 Å². The minimum Gasteiger partial charge on any atom is -0.465 e. The van der Waals surface area contributed by atoms with E-state index in [4.69, 9.17) is 9.73 Å². The van der Waals surface area contributed by atoms with Gasteiger partial charge < -0.3 is 9.30 Å². The predicted molar refractivity (Wildman–Crippen MR) is 132 cm³/mol. The fourth-order valence-electron chi connectivity index (χ4n) is 3.79. The van der Waals surface area contributed by atoms with Crippen LogP contribution in [0.15, 0.2) is 58.6 Å².